The van der Waals surface area contributed by atoms with E-state index in [1.165, 1.54) is 16.9 Å². The fourth-order valence-corrected chi connectivity index (χ4v) is 5.03. The van der Waals surface area contributed by atoms with Crippen molar-refractivity contribution in [2.75, 3.05) is 18.2 Å². The van der Waals surface area contributed by atoms with Crippen molar-refractivity contribution in [3.63, 3.8) is 0 Å². The van der Waals surface area contributed by atoms with Crippen molar-refractivity contribution in [2.45, 2.75) is 18.5 Å². The lowest BCUT2D eigenvalue weighted by molar-refractivity contribution is -0.113. The normalized spacial score (nSPS) is 10.9. The number of anilines is 1. The molecule has 2 aromatic carbocycles. The number of aromatic nitrogens is 3. The summed E-state index contributed by atoms with van der Waals surface area (Å²) in [5.74, 6) is 0.519. The molecular formula is C22H20N4O3S3. The zero-order chi connectivity index (χ0) is 22.7. The van der Waals surface area contributed by atoms with E-state index < -0.39 is 0 Å². The summed E-state index contributed by atoms with van der Waals surface area (Å²) in [5, 5.41) is 3.17. The molecule has 7 nitrogen and oxygen atoms in total. The maximum absolute atomic E-state index is 12.6. The van der Waals surface area contributed by atoms with E-state index in [2.05, 4.69) is 22.2 Å². The largest absolute Gasteiger partial charge is 0.497 e. The molecule has 0 unspecified atom stereocenters. The third kappa shape index (κ3) is 4.77. The van der Waals surface area contributed by atoms with Crippen molar-refractivity contribution in [2.24, 2.45) is 0 Å². The monoisotopic (exact) mass is 484 g/mol. The molecule has 0 fully saturated rings. The smallest absolute Gasteiger partial charge is 0.271 e. The van der Waals surface area contributed by atoms with E-state index in [4.69, 9.17) is 17.0 Å². The Morgan fingerprint density at radius 3 is 2.78 bits per heavy atom. The van der Waals surface area contributed by atoms with E-state index in [0.29, 0.717) is 30.9 Å². The molecule has 0 aliphatic rings. The first kappa shape index (κ1) is 22.3. The van der Waals surface area contributed by atoms with Crippen molar-refractivity contribution in [3.8, 4) is 11.4 Å². The molecule has 0 saturated carbocycles. The van der Waals surface area contributed by atoms with Crippen molar-refractivity contribution >= 4 is 57.3 Å². The number of fused-ring (bicyclic) bond motifs is 1. The first-order chi connectivity index (χ1) is 15.5. The van der Waals surface area contributed by atoms with Crippen LogP contribution in [0.4, 0.5) is 5.69 Å². The molecule has 0 aliphatic heterocycles. The average Bonchev–Trinajstić information content (AvgIpc) is 3.14. The van der Waals surface area contributed by atoms with E-state index in [1.807, 2.05) is 24.3 Å². The quantitative estimate of drug-likeness (QED) is 0.222. The lowest BCUT2D eigenvalue weighted by Gasteiger charge is -2.08. The number of methoxy groups -OCH3 is 1. The van der Waals surface area contributed by atoms with Gasteiger partial charge in [0.1, 0.15) is 10.4 Å². The molecule has 0 radical (unpaired) electrons. The summed E-state index contributed by atoms with van der Waals surface area (Å²) in [5.41, 5.74) is 2.91. The molecule has 4 rings (SSSR count). The van der Waals surface area contributed by atoms with Gasteiger partial charge < -0.3 is 15.0 Å². The molecule has 0 atom stereocenters. The van der Waals surface area contributed by atoms with Crippen LogP contribution in [0.5, 0.6) is 5.75 Å². The topological polar surface area (TPSA) is 89.0 Å². The Hall–Kier alpha value is -2.95. The van der Waals surface area contributed by atoms with Crippen molar-refractivity contribution in [3.05, 3.63) is 68.4 Å². The zero-order valence-electron chi connectivity index (χ0n) is 17.4. The van der Waals surface area contributed by atoms with Crippen LogP contribution in [0.2, 0.25) is 0 Å². The van der Waals surface area contributed by atoms with Crippen molar-refractivity contribution in [1.82, 2.24) is 14.5 Å². The number of aryl methyl sites for hydroxylation is 1. The van der Waals surface area contributed by atoms with Gasteiger partial charge in [-0.05, 0) is 48.5 Å². The Balaban J connectivity index is 1.57. The number of carbonyl (C=O) groups is 1. The van der Waals surface area contributed by atoms with Crippen LogP contribution in [-0.4, -0.2) is 33.3 Å². The molecule has 0 saturated heterocycles. The summed E-state index contributed by atoms with van der Waals surface area (Å²) >= 11 is 7.88. The second-order valence-electron chi connectivity index (χ2n) is 6.82. The van der Waals surface area contributed by atoms with E-state index in [-0.39, 0.29) is 17.2 Å². The van der Waals surface area contributed by atoms with Crippen LogP contribution < -0.4 is 15.6 Å². The highest BCUT2D eigenvalue weighted by Crippen LogP contribution is 2.25. The van der Waals surface area contributed by atoms with Crippen molar-refractivity contribution in [1.29, 1.82) is 0 Å². The Kier molecular flexibility index (Phi) is 6.73. The first-order valence-corrected chi connectivity index (χ1v) is 12.0. The van der Waals surface area contributed by atoms with Gasteiger partial charge in [0, 0.05) is 17.4 Å². The Morgan fingerprint density at radius 1 is 1.28 bits per heavy atom. The highest BCUT2D eigenvalue weighted by atomic mass is 32.2. The number of hydrogen-bond acceptors (Lipinski definition) is 7. The fourth-order valence-electron chi connectivity index (χ4n) is 3.10. The standard InChI is InChI=1S/C22H20N4O3S3/c1-3-13-7-9-15(10-8-13)26-19-18(32-22(26)30)20(28)25-21(24-19)31-12-17(27)23-14-5-4-6-16(11-14)29-2/h4-11H,3,12H2,1-2H3,(H,23,27)(H,24,25,28). The Labute approximate surface area is 197 Å². The van der Waals surface area contributed by atoms with Gasteiger partial charge in [-0.25, -0.2) is 4.98 Å². The van der Waals surface area contributed by atoms with Crippen LogP contribution >= 0.6 is 35.3 Å². The molecule has 0 spiro atoms. The van der Waals surface area contributed by atoms with Gasteiger partial charge in [0.2, 0.25) is 5.91 Å². The summed E-state index contributed by atoms with van der Waals surface area (Å²) in [7, 11) is 1.57. The molecule has 32 heavy (non-hydrogen) atoms. The maximum atomic E-state index is 12.6. The van der Waals surface area contributed by atoms with Crippen LogP contribution in [-0.2, 0) is 11.2 Å². The van der Waals surface area contributed by atoms with Crippen molar-refractivity contribution < 1.29 is 9.53 Å². The number of hydrogen-bond donors (Lipinski definition) is 2. The summed E-state index contributed by atoms with van der Waals surface area (Å²) in [6, 6.07) is 15.1. The van der Waals surface area contributed by atoms with Gasteiger partial charge in [-0.3, -0.25) is 14.2 Å². The number of carbonyl (C=O) groups excluding carboxylic acids is 1. The average molecular weight is 485 g/mol. The number of thiazole rings is 1. The van der Waals surface area contributed by atoms with Gasteiger partial charge in [0.05, 0.1) is 12.9 Å². The van der Waals surface area contributed by atoms with Gasteiger partial charge in [0.25, 0.3) is 5.56 Å². The first-order valence-electron chi connectivity index (χ1n) is 9.80. The van der Waals surface area contributed by atoms with E-state index >= 15 is 0 Å². The molecular weight excluding hydrogens is 464 g/mol. The predicted molar refractivity (Wildman–Crippen MR) is 132 cm³/mol. The van der Waals surface area contributed by atoms with Crippen LogP contribution in [0, 0.1) is 3.95 Å². The molecule has 164 valence electrons. The fraction of sp³-hybridized carbons (Fsp3) is 0.182. The van der Waals surface area contributed by atoms with Gasteiger partial charge >= 0.3 is 0 Å². The highest BCUT2D eigenvalue weighted by Gasteiger charge is 2.15. The molecule has 0 aliphatic carbocycles. The number of nitrogens with one attached hydrogen (secondary N) is 2. The molecule has 2 heterocycles. The van der Waals surface area contributed by atoms with Gasteiger partial charge in [-0.2, -0.15) is 0 Å². The molecule has 4 aromatic rings. The summed E-state index contributed by atoms with van der Waals surface area (Å²) in [6.07, 6.45) is 0.937. The van der Waals surface area contributed by atoms with Gasteiger partial charge in [0.15, 0.2) is 14.8 Å². The zero-order valence-corrected chi connectivity index (χ0v) is 19.8. The van der Waals surface area contributed by atoms with E-state index in [9.17, 15) is 9.59 Å². The second-order valence-corrected chi connectivity index (χ2v) is 9.42. The lowest BCUT2D eigenvalue weighted by Crippen LogP contribution is -2.15. The van der Waals surface area contributed by atoms with Crippen LogP contribution in [0.3, 0.4) is 0 Å². The highest BCUT2D eigenvalue weighted by molar-refractivity contribution is 7.99. The molecule has 2 aromatic heterocycles. The number of ether oxygens (including phenoxy) is 1. The number of aromatic amines is 1. The number of H-pyrrole nitrogens is 1. The molecule has 2 N–H and O–H groups in total. The Bertz CT molecular complexity index is 1390. The number of benzene rings is 2. The van der Waals surface area contributed by atoms with Gasteiger partial charge in [-0.1, -0.05) is 48.2 Å². The molecule has 0 bridgehead atoms. The second kappa shape index (κ2) is 9.68. The molecule has 1 amide bonds. The summed E-state index contributed by atoms with van der Waals surface area (Å²) in [6.45, 7) is 2.09. The third-order valence-electron chi connectivity index (χ3n) is 4.72. The Morgan fingerprint density at radius 2 is 2.06 bits per heavy atom. The maximum Gasteiger partial charge on any atom is 0.271 e. The van der Waals surface area contributed by atoms with Gasteiger partial charge in [-0.15, -0.1) is 0 Å². The number of nitrogens with zero attached hydrogens (tertiary/aromatic N) is 2. The third-order valence-corrected chi connectivity index (χ3v) is 6.95. The lowest BCUT2D eigenvalue weighted by atomic mass is 10.1. The number of thioether (sulfide) groups is 1. The number of amides is 1. The number of rotatable bonds is 7. The minimum Gasteiger partial charge on any atom is -0.497 e. The summed E-state index contributed by atoms with van der Waals surface area (Å²) in [4.78, 5) is 32.3. The summed E-state index contributed by atoms with van der Waals surface area (Å²) < 4.78 is 7.96. The molecule has 10 heteroatoms. The minimum atomic E-state index is -0.272. The minimum absolute atomic E-state index is 0.0850. The van der Waals surface area contributed by atoms with Crippen LogP contribution in [0.1, 0.15) is 12.5 Å². The predicted octanol–water partition coefficient (Wildman–Crippen LogP) is 4.81. The van der Waals surface area contributed by atoms with E-state index in [1.54, 1.807) is 35.9 Å². The SMILES string of the molecule is CCc1ccc(-n2c(=S)sc3c(=O)[nH]c(SCC(=O)Nc4cccc(OC)c4)nc32)cc1. The van der Waals surface area contributed by atoms with Crippen LogP contribution in [0.15, 0.2) is 58.5 Å². The van der Waals surface area contributed by atoms with E-state index in [0.717, 1.165) is 23.9 Å². The van der Waals surface area contributed by atoms with Crippen LogP contribution in [0.25, 0.3) is 16.0 Å².